The maximum absolute atomic E-state index is 9.98. The molecular weight excluding hydrogens is 1230 g/mol. The molecule has 0 saturated carbocycles. The van der Waals surface area contributed by atoms with Crippen LogP contribution in [-0.2, 0) is 21.7 Å². The molecule has 472 valence electrons. The summed E-state index contributed by atoms with van der Waals surface area (Å²) < 4.78 is 16.6. The van der Waals surface area contributed by atoms with Crippen LogP contribution in [-0.4, -0.2) is 43.3 Å². The van der Waals surface area contributed by atoms with Crippen LogP contribution in [0.5, 0.6) is 17.2 Å². The van der Waals surface area contributed by atoms with Gasteiger partial charge in [0.15, 0.2) is 0 Å². The first-order valence-electron chi connectivity index (χ1n) is 32.5. The Bertz CT molecular complexity index is 5280. The van der Waals surface area contributed by atoms with Gasteiger partial charge in [-0.05, 0) is 165 Å². The molecule has 0 bridgehead atoms. The number of fused-ring (bicyclic) bond motifs is 12. The Balaban J connectivity index is 0.000000136. The predicted octanol–water partition coefficient (Wildman–Crippen LogP) is 22.5. The second-order valence-electron chi connectivity index (χ2n) is 28.8. The van der Waals surface area contributed by atoms with Crippen molar-refractivity contribution in [1.82, 2.24) is 38.2 Å². The SMILES string of the molecule is CC(C)(C)c1ccnc(-n2c3ccccc3c3ccc(Br)cc32)c1.CC(C)(C)c1ccnc(-n2c3ccccc3c3ccc(O)cc32)c1.CC(C)(C)c1ccnc(-n2c3ccccc3c3ccc(Oc4ccc5c6ccccc6n(-c6cc(C(C)(C)C)ccn6)c5c4)cc32)c1. The zero-order valence-electron chi connectivity index (χ0n) is 55.9. The van der Waals surface area contributed by atoms with Crippen LogP contribution in [0.15, 0.2) is 248 Å². The van der Waals surface area contributed by atoms with Gasteiger partial charge in [0.1, 0.15) is 40.5 Å². The van der Waals surface area contributed by atoms with E-state index < -0.39 is 0 Å². The summed E-state index contributed by atoms with van der Waals surface area (Å²) in [5, 5.41) is 19.5. The van der Waals surface area contributed by atoms with Gasteiger partial charge in [-0.1, -0.05) is 178 Å². The second-order valence-corrected chi connectivity index (χ2v) is 29.8. The van der Waals surface area contributed by atoms with Crippen molar-refractivity contribution in [3.05, 3.63) is 270 Å². The van der Waals surface area contributed by atoms with Gasteiger partial charge in [0.2, 0.25) is 0 Å². The van der Waals surface area contributed by atoms with Crippen molar-refractivity contribution in [2.75, 3.05) is 0 Å². The number of rotatable bonds is 6. The van der Waals surface area contributed by atoms with E-state index in [9.17, 15) is 5.11 Å². The minimum Gasteiger partial charge on any atom is -0.508 e. The minimum atomic E-state index is 0.00934. The zero-order chi connectivity index (χ0) is 66.3. The largest absolute Gasteiger partial charge is 0.508 e. The molecule has 8 heterocycles. The molecule has 0 saturated heterocycles. The first-order chi connectivity index (χ1) is 45.5. The average Bonchev–Trinajstić information content (AvgIpc) is 1.62. The number of phenols is 1. The smallest absolute Gasteiger partial charge is 0.137 e. The topological polar surface area (TPSA) is 101 Å². The van der Waals surface area contributed by atoms with Gasteiger partial charge in [0.05, 0.1) is 44.1 Å². The van der Waals surface area contributed by atoms with Gasteiger partial charge in [-0.25, -0.2) is 19.9 Å². The highest BCUT2D eigenvalue weighted by Crippen LogP contribution is 2.41. The number of hydrogen-bond acceptors (Lipinski definition) is 6. The number of halogens is 1. The van der Waals surface area contributed by atoms with Gasteiger partial charge in [0.25, 0.3) is 0 Å². The quantitative estimate of drug-likeness (QED) is 0.178. The third-order valence-electron chi connectivity index (χ3n) is 18.2. The lowest BCUT2D eigenvalue weighted by atomic mass is 9.88. The van der Waals surface area contributed by atoms with Crippen molar-refractivity contribution in [3.8, 4) is 40.5 Å². The Kier molecular flexibility index (Phi) is 15.6. The Labute approximate surface area is 562 Å². The lowest BCUT2D eigenvalue weighted by molar-refractivity contribution is 0.476. The van der Waals surface area contributed by atoms with Gasteiger partial charge in [-0.15, -0.1) is 0 Å². The summed E-state index contributed by atoms with van der Waals surface area (Å²) in [5.41, 5.74) is 13.9. The summed E-state index contributed by atoms with van der Waals surface area (Å²) >= 11 is 3.61. The van der Waals surface area contributed by atoms with E-state index >= 15 is 0 Å². The maximum atomic E-state index is 9.98. The Morgan fingerprint density at radius 3 is 0.863 bits per heavy atom. The second kappa shape index (κ2) is 23.9. The van der Waals surface area contributed by atoms with Crippen LogP contribution < -0.4 is 4.74 Å². The highest BCUT2D eigenvalue weighted by molar-refractivity contribution is 9.10. The Morgan fingerprint density at radius 1 is 0.284 bits per heavy atom. The molecule has 0 fully saturated rings. The number of aromatic nitrogens is 8. The highest BCUT2D eigenvalue weighted by Gasteiger charge is 2.24. The van der Waals surface area contributed by atoms with E-state index in [4.69, 9.17) is 14.7 Å². The van der Waals surface area contributed by atoms with Crippen molar-refractivity contribution < 1.29 is 9.84 Å². The summed E-state index contributed by atoms with van der Waals surface area (Å²) in [6, 6.07) is 75.6. The van der Waals surface area contributed by atoms with Crippen molar-refractivity contribution in [2.24, 2.45) is 0 Å². The Hall–Kier alpha value is -10.4. The van der Waals surface area contributed by atoms with Crippen LogP contribution in [0.25, 0.3) is 110 Å². The summed E-state index contributed by atoms with van der Waals surface area (Å²) in [6.45, 7) is 26.7. The van der Waals surface area contributed by atoms with E-state index in [0.29, 0.717) is 0 Å². The number of aromatic hydroxyl groups is 1. The first-order valence-corrected chi connectivity index (χ1v) is 33.3. The van der Waals surface area contributed by atoms with E-state index in [1.807, 2.05) is 43.0 Å². The van der Waals surface area contributed by atoms with Crippen molar-refractivity contribution in [3.63, 3.8) is 0 Å². The van der Waals surface area contributed by atoms with Crippen LogP contribution in [0.2, 0.25) is 0 Å². The number of ether oxygens (including phenoxy) is 1. The molecule has 8 aromatic carbocycles. The highest BCUT2D eigenvalue weighted by atomic mass is 79.9. The molecule has 0 aliphatic heterocycles. The van der Waals surface area contributed by atoms with Crippen molar-refractivity contribution >= 4 is 103 Å². The molecule has 10 nitrogen and oxygen atoms in total. The van der Waals surface area contributed by atoms with Crippen LogP contribution in [0.4, 0.5) is 0 Å². The molecule has 0 aliphatic rings. The third kappa shape index (κ3) is 11.8. The van der Waals surface area contributed by atoms with Crippen LogP contribution in [0.3, 0.4) is 0 Å². The maximum Gasteiger partial charge on any atom is 0.137 e. The average molecular weight is 1310 g/mol. The monoisotopic (exact) mass is 1310 g/mol. The normalized spacial score (nSPS) is 12.3. The Morgan fingerprint density at radius 2 is 0.547 bits per heavy atom. The van der Waals surface area contributed by atoms with Gasteiger partial charge in [-0.3, -0.25) is 18.3 Å². The number of phenolic OH excluding ortho intramolecular Hbond substituents is 1. The minimum absolute atomic E-state index is 0.00934. The van der Waals surface area contributed by atoms with Gasteiger partial charge in [0, 0.05) is 90.5 Å². The van der Waals surface area contributed by atoms with E-state index in [1.54, 1.807) is 12.1 Å². The van der Waals surface area contributed by atoms with Crippen molar-refractivity contribution in [1.29, 1.82) is 0 Å². The third-order valence-corrected chi connectivity index (χ3v) is 18.7. The van der Waals surface area contributed by atoms with Crippen molar-refractivity contribution in [2.45, 2.75) is 105 Å². The van der Waals surface area contributed by atoms with Gasteiger partial charge >= 0.3 is 0 Å². The lowest BCUT2D eigenvalue weighted by Gasteiger charge is -2.20. The van der Waals surface area contributed by atoms with Crippen LogP contribution in [0.1, 0.15) is 105 Å². The van der Waals surface area contributed by atoms with Gasteiger partial charge in [-0.2, -0.15) is 0 Å². The summed E-state index contributed by atoms with van der Waals surface area (Å²) in [5.74, 6) is 5.43. The molecule has 0 atom stereocenters. The zero-order valence-corrected chi connectivity index (χ0v) is 57.5. The molecule has 16 rings (SSSR count). The fraction of sp³-hybridized carbons (Fsp3) is 0.190. The van der Waals surface area contributed by atoms with E-state index in [1.165, 1.54) is 54.8 Å². The molecule has 95 heavy (non-hydrogen) atoms. The number of nitrogens with zero attached hydrogens (tertiary/aromatic N) is 8. The molecule has 11 heteroatoms. The van der Waals surface area contributed by atoms with E-state index in [0.717, 1.165) is 93.9 Å². The standard InChI is InChI=1S/C42H38N4O.C21H19BrN2.C21H20N2O/c1-41(2,3)27-19-21-43-39(23-27)45-35-13-9-7-11-31(35)33-17-15-29(25-37(33)45)47-30-16-18-34-32-12-8-10-14-36(32)46(38(34)26-30)40-24-28(20-22-44-40)42(4,5)6;1-21(2,3)14-10-11-23-20(12-14)24-18-7-5-4-6-16(18)17-9-8-15(22)13-19(17)24;1-21(2,3)14-10-11-22-20(12-14)23-18-7-5-4-6-16(18)17-9-8-15(24)13-19(17)23/h7-26H,1-6H3;4-13H,1-3H3;4-13,24H,1-3H3. The van der Waals surface area contributed by atoms with E-state index in [-0.39, 0.29) is 27.4 Å². The lowest BCUT2D eigenvalue weighted by Crippen LogP contribution is -2.12. The molecule has 0 amide bonds. The van der Waals surface area contributed by atoms with E-state index in [2.05, 4.69) is 315 Å². The molecule has 8 aromatic heterocycles. The number of hydrogen-bond donors (Lipinski definition) is 1. The molecule has 1 N–H and O–H groups in total. The fourth-order valence-corrected chi connectivity index (χ4v) is 13.4. The van der Waals surface area contributed by atoms with Gasteiger partial charge < -0.3 is 9.84 Å². The summed E-state index contributed by atoms with van der Waals surface area (Å²) in [6.07, 6.45) is 7.60. The molecule has 0 radical (unpaired) electrons. The number of para-hydroxylation sites is 4. The predicted molar refractivity (Wildman–Crippen MR) is 399 cm³/mol. The number of benzene rings is 8. The summed E-state index contributed by atoms with van der Waals surface area (Å²) in [7, 11) is 0. The fourth-order valence-electron chi connectivity index (χ4n) is 13.1. The van der Waals surface area contributed by atoms with Crippen LogP contribution >= 0.6 is 15.9 Å². The first kappa shape index (κ1) is 62.1. The van der Waals surface area contributed by atoms with Crippen LogP contribution in [0, 0.1) is 0 Å². The number of pyridine rings is 4. The molecule has 0 spiro atoms. The summed E-state index contributed by atoms with van der Waals surface area (Å²) in [4.78, 5) is 19.0. The molecular formula is C84H77BrN8O2. The molecule has 0 aliphatic carbocycles. The molecule has 0 unspecified atom stereocenters. The molecule has 16 aromatic rings.